The topological polar surface area (TPSA) is 50.2 Å². The van der Waals surface area contributed by atoms with E-state index in [0.717, 1.165) is 54.0 Å². The van der Waals surface area contributed by atoms with Crippen molar-refractivity contribution in [3.05, 3.63) is 75.2 Å². The number of carbonyl (C=O) groups is 1. The molecule has 0 saturated carbocycles. The van der Waals surface area contributed by atoms with E-state index in [1.807, 2.05) is 66.0 Å². The van der Waals surface area contributed by atoms with Gasteiger partial charge in [-0.15, -0.1) is 0 Å². The Labute approximate surface area is 193 Å². The first-order valence-corrected chi connectivity index (χ1v) is 11.3. The molecule has 0 unspecified atom stereocenters. The van der Waals surface area contributed by atoms with Crippen molar-refractivity contribution < 1.29 is 4.79 Å². The summed E-state index contributed by atoms with van der Waals surface area (Å²) in [4.78, 5) is 17.8. The van der Waals surface area contributed by atoms with Crippen molar-refractivity contribution in [2.75, 3.05) is 13.1 Å². The lowest BCUT2D eigenvalue weighted by Gasteiger charge is -2.26. The number of imidazole rings is 1. The molecule has 1 aliphatic heterocycles. The highest BCUT2D eigenvalue weighted by atomic mass is 35.5. The fourth-order valence-electron chi connectivity index (χ4n) is 3.96. The molecular weight excluding hydrogens is 431 g/mol. The number of aryl methyl sites for hydroxylation is 1. The number of nitrogens with one attached hydrogen (secondary N) is 1. The van der Waals surface area contributed by atoms with Gasteiger partial charge in [0, 0.05) is 37.1 Å². The standard InChI is InChI=1S/C24H26Cl2N4O/c1-16-6-11-19(20(26)14-16)22-21(15-17-7-9-18(25)10-8-17)29(2)23(27-22)24(31)28-30-12-4-3-5-13-30/h6-11,14H,3-5,12-13,15H2,1-2H3,(H,28,31). The number of piperidine rings is 1. The van der Waals surface area contributed by atoms with E-state index in [-0.39, 0.29) is 5.91 Å². The van der Waals surface area contributed by atoms with Gasteiger partial charge < -0.3 is 4.57 Å². The van der Waals surface area contributed by atoms with Gasteiger partial charge in [-0.05, 0) is 49.1 Å². The highest BCUT2D eigenvalue weighted by Gasteiger charge is 2.24. The van der Waals surface area contributed by atoms with E-state index in [1.54, 1.807) is 0 Å². The Kier molecular flexibility index (Phi) is 6.65. The minimum atomic E-state index is -0.198. The van der Waals surface area contributed by atoms with Crippen molar-refractivity contribution in [1.29, 1.82) is 0 Å². The van der Waals surface area contributed by atoms with Crippen molar-refractivity contribution >= 4 is 29.1 Å². The van der Waals surface area contributed by atoms with Crippen molar-refractivity contribution in [2.24, 2.45) is 7.05 Å². The van der Waals surface area contributed by atoms with Gasteiger partial charge in [0.1, 0.15) is 0 Å². The maximum atomic E-state index is 13.1. The lowest BCUT2D eigenvalue weighted by Crippen LogP contribution is -2.45. The second kappa shape index (κ2) is 9.43. The summed E-state index contributed by atoms with van der Waals surface area (Å²) >= 11 is 12.6. The highest BCUT2D eigenvalue weighted by molar-refractivity contribution is 6.33. The average molecular weight is 457 g/mol. The maximum absolute atomic E-state index is 13.1. The third-order valence-electron chi connectivity index (χ3n) is 5.70. The van der Waals surface area contributed by atoms with Crippen LogP contribution in [0.1, 0.15) is 46.7 Å². The fourth-order valence-corrected chi connectivity index (χ4v) is 4.41. The molecule has 1 N–H and O–H groups in total. The molecule has 31 heavy (non-hydrogen) atoms. The van der Waals surface area contributed by atoms with Crippen LogP contribution < -0.4 is 5.43 Å². The number of aromatic nitrogens is 2. The van der Waals surface area contributed by atoms with Crippen LogP contribution in [0.15, 0.2) is 42.5 Å². The third kappa shape index (κ3) is 4.95. The van der Waals surface area contributed by atoms with Crippen molar-refractivity contribution in [2.45, 2.75) is 32.6 Å². The first kappa shape index (κ1) is 21.9. The molecule has 1 amide bonds. The zero-order valence-corrected chi connectivity index (χ0v) is 19.3. The van der Waals surface area contributed by atoms with E-state index in [4.69, 9.17) is 28.2 Å². The Morgan fingerprint density at radius 3 is 2.45 bits per heavy atom. The van der Waals surface area contributed by atoms with E-state index in [2.05, 4.69) is 5.43 Å². The van der Waals surface area contributed by atoms with Gasteiger partial charge in [-0.3, -0.25) is 10.2 Å². The molecule has 162 valence electrons. The number of hydrazine groups is 1. The zero-order chi connectivity index (χ0) is 22.0. The molecule has 0 aliphatic carbocycles. The summed E-state index contributed by atoms with van der Waals surface area (Å²) < 4.78 is 1.87. The molecule has 0 radical (unpaired) electrons. The lowest BCUT2D eigenvalue weighted by molar-refractivity contribution is 0.0735. The Morgan fingerprint density at radius 1 is 1.06 bits per heavy atom. The summed E-state index contributed by atoms with van der Waals surface area (Å²) in [7, 11) is 1.88. The average Bonchev–Trinajstić information content (AvgIpc) is 3.06. The first-order chi connectivity index (χ1) is 14.9. The summed E-state index contributed by atoms with van der Waals surface area (Å²) in [6.45, 7) is 3.73. The van der Waals surface area contributed by atoms with Crippen LogP contribution in [0.25, 0.3) is 11.3 Å². The van der Waals surface area contributed by atoms with E-state index >= 15 is 0 Å². The van der Waals surface area contributed by atoms with Crippen LogP contribution in [0.5, 0.6) is 0 Å². The van der Waals surface area contributed by atoms with Gasteiger partial charge in [0.25, 0.3) is 0 Å². The normalized spacial score (nSPS) is 14.6. The van der Waals surface area contributed by atoms with Crippen molar-refractivity contribution in [1.82, 2.24) is 20.0 Å². The highest BCUT2D eigenvalue weighted by Crippen LogP contribution is 2.32. The van der Waals surface area contributed by atoms with Crippen LogP contribution in [0, 0.1) is 6.92 Å². The molecule has 0 spiro atoms. The van der Waals surface area contributed by atoms with Crippen LogP contribution in [0.4, 0.5) is 0 Å². The second-order valence-corrected chi connectivity index (χ2v) is 8.91. The molecule has 0 atom stereocenters. The first-order valence-electron chi connectivity index (χ1n) is 10.5. The molecule has 3 aromatic rings. The minimum absolute atomic E-state index is 0.198. The van der Waals surface area contributed by atoms with Crippen molar-refractivity contribution in [3.8, 4) is 11.3 Å². The number of hydrogen-bond acceptors (Lipinski definition) is 3. The Hall–Kier alpha value is -2.34. The molecule has 5 nitrogen and oxygen atoms in total. The number of halogens is 2. The van der Waals surface area contributed by atoms with Gasteiger partial charge in [-0.2, -0.15) is 0 Å². The molecule has 1 aromatic heterocycles. The lowest BCUT2D eigenvalue weighted by atomic mass is 10.0. The van der Waals surface area contributed by atoms with Gasteiger partial charge in [0.15, 0.2) is 0 Å². The van der Waals surface area contributed by atoms with Gasteiger partial charge in [-0.25, -0.2) is 9.99 Å². The number of nitrogens with zero attached hydrogens (tertiary/aromatic N) is 3. The summed E-state index contributed by atoms with van der Waals surface area (Å²) in [5.41, 5.74) is 7.66. The zero-order valence-electron chi connectivity index (χ0n) is 17.8. The van der Waals surface area contributed by atoms with Gasteiger partial charge >= 0.3 is 5.91 Å². The van der Waals surface area contributed by atoms with Crippen LogP contribution >= 0.6 is 23.2 Å². The Morgan fingerprint density at radius 2 is 1.77 bits per heavy atom. The fraction of sp³-hybridized carbons (Fsp3) is 0.333. The number of benzene rings is 2. The van der Waals surface area contributed by atoms with E-state index in [1.165, 1.54) is 6.42 Å². The number of amides is 1. The molecule has 7 heteroatoms. The summed E-state index contributed by atoms with van der Waals surface area (Å²) in [5, 5.41) is 3.30. The van der Waals surface area contributed by atoms with Gasteiger partial charge in [-0.1, -0.05) is 53.9 Å². The molecule has 1 saturated heterocycles. The number of hydrogen-bond donors (Lipinski definition) is 1. The predicted octanol–water partition coefficient (Wildman–Crippen LogP) is 5.42. The Balaban J connectivity index is 1.73. The largest absolute Gasteiger partial charge is 0.326 e. The molecule has 1 fully saturated rings. The third-order valence-corrected chi connectivity index (χ3v) is 6.26. The van der Waals surface area contributed by atoms with Gasteiger partial charge in [0.05, 0.1) is 16.4 Å². The Bertz CT molecular complexity index is 1090. The van der Waals surface area contributed by atoms with E-state index in [9.17, 15) is 4.79 Å². The molecule has 1 aliphatic rings. The quantitative estimate of drug-likeness (QED) is 0.557. The molecule has 2 heterocycles. The predicted molar refractivity (Wildman–Crippen MR) is 126 cm³/mol. The maximum Gasteiger partial charge on any atom is 0.301 e. The van der Waals surface area contributed by atoms with E-state index < -0.39 is 0 Å². The van der Waals surface area contributed by atoms with Crippen molar-refractivity contribution in [3.63, 3.8) is 0 Å². The van der Waals surface area contributed by atoms with E-state index in [0.29, 0.717) is 22.3 Å². The summed E-state index contributed by atoms with van der Waals surface area (Å²) in [6.07, 6.45) is 3.99. The summed E-state index contributed by atoms with van der Waals surface area (Å²) in [5.74, 6) is 0.178. The SMILES string of the molecule is Cc1ccc(-c2nc(C(=O)NN3CCCCC3)n(C)c2Cc2ccc(Cl)cc2)c(Cl)c1. The monoisotopic (exact) mass is 456 g/mol. The second-order valence-electron chi connectivity index (χ2n) is 8.06. The number of rotatable bonds is 5. The molecule has 2 aromatic carbocycles. The molecule has 4 rings (SSSR count). The smallest absolute Gasteiger partial charge is 0.301 e. The molecular formula is C24H26Cl2N4O. The van der Waals surface area contributed by atoms with Crippen LogP contribution in [0.2, 0.25) is 10.0 Å². The minimum Gasteiger partial charge on any atom is -0.326 e. The van der Waals surface area contributed by atoms with Crippen LogP contribution in [0.3, 0.4) is 0 Å². The van der Waals surface area contributed by atoms with Crippen LogP contribution in [-0.4, -0.2) is 33.6 Å². The molecule has 0 bridgehead atoms. The summed E-state index contributed by atoms with van der Waals surface area (Å²) in [6, 6.07) is 13.6. The van der Waals surface area contributed by atoms with Gasteiger partial charge in [0.2, 0.25) is 5.82 Å². The number of carbonyl (C=O) groups excluding carboxylic acids is 1. The van der Waals surface area contributed by atoms with Crippen LogP contribution in [-0.2, 0) is 13.5 Å².